The summed E-state index contributed by atoms with van der Waals surface area (Å²) in [5.74, 6) is -0.390. The van der Waals surface area contributed by atoms with Gasteiger partial charge in [-0.3, -0.25) is 4.90 Å². The summed E-state index contributed by atoms with van der Waals surface area (Å²) in [6.45, 7) is 5.53. The van der Waals surface area contributed by atoms with Gasteiger partial charge in [-0.2, -0.15) is 0 Å². The van der Waals surface area contributed by atoms with Crippen molar-refractivity contribution >= 4 is 12.0 Å². The minimum Gasteiger partial charge on any atom is -0.463 e. The molecule has 0 aromatic heterocycles. The molecule has 2 N–H and O–H groups in total. The molecule has 6 nitrogen and oxygen atoms in total. The van der Waals surface area contributed by atoms with Crippen LogP contribution in [-0.2, 0) is 16.1 Å². The molecular weight excluding hydrogens is 294 g/mol. The fraction of sp³-hybridized carbons (Fsp3) is 0.412. The lowest BCUT2D eigenvalue weighted by Crippen LogP contribution is -2.46. The minimum absolute atomic E-state index is 0.193. The van der Waals surface area contributed by atoms with Crippen molar-refractivity contribution in [2.24, 2.45) is 0 Å². The summed E-state index contributed by atoms with van der Waals surface area (Å²) in [5, 5.41) is 5.33. The predicted molar refractivity (Wildman–Crippen MR) is 87.7 cm³/mol. The van der Waals surface area contributed by atoms with E-state index in [0.29, 0.717) is 24.4 Å². The van der Waals surface area contributed by atoms with Gasteiger partial charge >= 0.3 is 12.0 Å². The van der Waals surface area contributed by atoms with Gasteiger partial charge in [0.25, 0.3) is 0 Å². The maximum atomic E-state index is 12.0. The Bertz CT molecular complexity index is 625. The molecule has 0 atom stereocenters. The van der Waals surface area contributed by atoms with Gasteiger partial charge in [0.2, 0.25) is 0 Å². The minimum atomic E-state index is -0.390. The SMILES string of the molecule is CCOC(=O)C1=C(CN(C)Cc2ccccc2C)NC(=O)NC1. The van der Waals surface area contributed by atoms with E-state index in [1.807, 2.05) is 19.2 Å². The Morgan fingerprint density at radius 1 is 1.30 bits per heavy atom. The molecule has 6 heteroatoms. The van der Waals surface area contributed by atoms with Gasteiger partial charge in [-0.25, -0.2) is 9.59 Å². The molecule has 23 heavy (non-hydrogen) atoms. The van der Waals surface area contributed by atoms with E-state index in [2.05, 4.69) is 34.6 Å². The Kier molecular flexibility index (Phi) is 5.76. The van der Waals surface area contributed by atoms with Gasteiger partial charge in [-0.1, -0.05) is 24.3 Å². The molecule has 1 aromatic rings. The van der Waals surface area contributed by atoms with Crippen molar-refractivity contribution < 1.29 is 14.3 Å². The molecular formula is C17H23N3O3. The van der Waals surface area contributed by atoms with Crippen LogP contribution in [0, 0.1) is 6.92 Å². The Morgan fingerprint density at radius 2 is 2.04 bits per heavy atom. The topological polar surface area (TPSA) is 70.7 Å². The van der Waals surface area contributed by atoms with Gasteiger partial charge in [0, 0.05) is 18.8 Å². The van der Waals surface area contributed by atoms with E-state index in [9.17, 15) is 9.59 Å². The zero-order chi connectivity index (χ0) is 16.8. The second kappa shape index (κ2) is 7.78. The van der Waals surface area contributed by atoms with Gasteiger partial charge in [0.15, 0.2) is 0 Å². The van der Waals surface area contributed by atoms with Crippen LogP contribution < -0.4 is 10.6 Å². The molecule has 124 valence electrons. The summed E-state index contributed by atoms with van der Waals surface area (Å²) in [6, 6.07) is 7.86. The summed E-state index contributed by atoms with van der Waals surface area (Å²) in [6.07, 6.45) is 0. The first-order valence-corrected chi connectivity index (χ1v) is 7.68. The largest absolute Gasteiger partial charge is 0.463 e. The van der Waals surface area contributed by atoms with Gasteiger partial charge < -0.3 is 15.4 Å². The first-order valence-electron chi connectivity index (χ1n) is 7.68. The van der Waals surface area contributed by atoms with Crippen molar-refractivity contribution in [1.29, 1.82) is 0 Å². The van der Waals surface area contributed by atoms with Crippen molar-refractivity contribution in [2.45, 2.75) is 20.4 Å². The zero-order valence-electron chi connectivity index (χ0n) is 13.8. The molecule has 0 aliphatic carbocycles. The summed E-state index contributed by atoms with van der Waals surface area (Å²) in [5.41, 5.74) is 3.51. The van der Waals surface area contributed by atoms with Crippen LogP contribution in [0.1, 0.15) is 18.1 Å². The monoisotopic (exact) mass is 317 g/mol. The van der Waals surface area contributed by atoms with Crippen molar-refractivity contribution in [3.63, 3.8) is 0 Å². The smallest absolute Gasteiger partial charge is 0.337 e. The lowest BCUT2D eigenvalue weighted by molar-refractivity contribution is -0.138. The predicted octanol–water partition coefficient (Wildman–Crippen LogP) is 1.56. The normalized spacial score (nSPS) is 14.5. The molecule has 0 saturated heterocycles. The highest BCUT2D eigenvalue weighted by molar-refractivity contribution is 5.93. The molecule has 2 amide bonds. The van der Waals surface area contributed by atoms with Crippen LogP contribution in [-0.4, -0.2) is 43.6 Å². The van der Waals surface area contributed by atoms with Crippen molar-refractivity contribution in [3.05, 3.63) is 46.7 Å². The summed E-state index contributed by atoms with van der Waals surface area (Å²) < 4.78 is 5.06. The number of rotatable bonds is 6. The molecule has 1 aromatic carbocycles. The number of amides is 2. The molecule has 0 unspecified atom stereocenters. The summed E-state index contributed by atoms with van der Waals surface area (Å²) >= 11 is 0. The van der Waals surface area contributed by atoms with E-state index in [1.165, 1.54) is 11.1 Å². The lowest BCUT2D eigenvalue weighted by Gasteiger charge is -2.25. The molecule has 0 saturated carbocycles. The quantitative estimate of drug-likeness (QED) is 0.781. The third-order valence-electron chi connectivity index (χ3n) is 3.71. The number of hydrogen-bond donors (Lipinski definition) is 2. The number of urea groups is 1. The van der Waals surface area contributed by atoms with Crippen molar-refractivity contribution in [1.82, 2.24) is 15.5 Å². The molecule has 0 bridgehead atoms. The Balaban J connectivity index is 2.11. The number of ether oxygens (including phenoxy) is 1. The first kappa shape index (κ1) is 17.0. The number of carbonyl (C=O) groups is 2. The highest BCUT2D eigenvalue weighted by atomic mass is 16.5. The van der Waals surface area contributed by atoms with Crippen LogP contribution in [0.5, 0.6) is 0 Å². The first-order chi connectivity index (χ1) is 11.0. The number of likely N-dealkylation sites (N-methyl/N-ethyl adjacent to an activating group) is 1. The van der Waals surface area contributed by atoms with E-state index >= 15 is 0 Å². The third-order valence-corrected chi connectivity index (χ3v) is 3.71. The molecule has 0 radical (unpaired) electrons. The Labute approximate surface area is 136 Å². The maximum Gasteiger partial charge on any atom is 0.337 e. The molecule has 1 heterocycles. The average molecular weight is 317 g/mol. The highest BCUT2D eigenvalue weighted by Crippen LogP contribution is 2.13. The summed E-state index contributed by atoms with van der Waals surface area (Å²) in [4.78, 5) is 25.6. The summed E-state index contributed by atoms with van der Waals surface area (Å²) in [7, 11) is 1.95. The van der Waals surface area contributed by atoms with E-state index in [0.717, 1.165) is 6.54 Å². The van der Waals surface area contributed by atoms with Crippen LogP contribution in [0.2, 0.25) is 0 Å². The van der Waals surface area contributed by atoms with Crippen LogP contribution in [0.4, 0.5) is 4.79 Å². The molecule has 0 fully saturated rings. The Hall–Kier alpha value is -2.34. The van der Waals surface area contributed by atoms with Gasteiger partial charge in [-0.15, -0.1) is 0 Å². The van der Waals surface area contributed by atoms with Gasteiger partial charge in [0.05, 0.1) is 18.7 Å². The molecule has 1 aliphatic rings. The van der Waals surface area contributed by atoms with Gasteiger partial charge in [0.1, 0.15) is 0 Å². The maximum absolute atomic E-state index is 12.0. The number of aryl methyl sites for hydroxylation is 1. The van der Waals surface area contributed by atoms with E-state index in [-0.39, 0.29) is 18.5 Å². The zero-order valence-corrected chi connectivity index (χ0v) is 13.8. The standard InChI is InChI=1S/C17H23N3O3/c1-4-23-16(21)14-9-18-17(22)19-15(14)11-20(3)10-13-8-6-5-7-12(13)2/h5-8H,4,9-11H2,1-3H3,(H2,18,19,22). The van der Waals surface area contributed by atoms with Crippen molar-refractivity contribution in [2.75, 3.05) is 26.7 Å². The molecule has 1 aliphatic heterocycles. The van der Waals surface area contributed by atoms with E-state index < -0.39 is 0 Å². The molecule has 2 rings (SSSR count). The number of nitrogens with one attached hydrogen (secondary N) is 2. The second-order valence-electron chi connectivity index (χ2n) is 5.58. The van der Waals surface area contributed by atoms with Crippen LogP contribution in [0.25, 0.3) is 0 Å². The molecule has 0 spiro atoms. The fourth-order valence-corrected chi connectivity index (χ4v) is 2.48. The fourth-order valence-electron chi connectivity index (χ4n) is 2.48. The number of nitrogens with zero attached hydrogens (tertiary/aromatic N) is 1. The lowest BCUT2D eigenvalue weighted by atomic mass is 10.1. The van der Waals surface area contributed by atoms with Crippen molar-refractivity contribution in [3.8, 4) is 0 Å². The van der Waals surface area contributed by atoms with E-state index in [1.54, 1.807) is 6.92 Å². The Morgan fingerprint density at radius 3 is 2.74 bits per heavy atom. The second-order valence-corrected chi connectivity index (χ2v) is 5.58. The van der Waals surface area contributed by atoms with Crippen LogP contribution >= 0.6 is 0 Å². The van der Waals surface area contributed by atoms with Gasteiger partial charge in [-0.05, 0) is 32.0 Å². The van der Waals surface area contributed by atoms with Crippen LogP contribution in [0.3, 0.4) is 0 Å². The third kappa shape index (κ3) is 4.56. The number of carbonyl (C=O) groups excluding carboxylic acids is 2. The van der Waals surface area contributed by atoms with E-state index in [4.69, 9.17) is 4.74 Å². The number of benzene rings is 1. The number of esters is 1. The van der Waals surface area contributed by atoms with Crippen LogP contribution in [0.15, 0.2) is 35.5 Å². The number of hydrogen-bond acceptors (Lipinski definition) is 4. The average Bonchev–Trinajstić information content (AvgIpc) is 2.50. The highest BCUT2D eigenvalue weighted by Gasteiger charge is 2.24.